The highest BCUT2D eigenvalue weighted by Gasteiger charge is 2.53. The molecule has 4 aromatic rings. The molecular weight excluding hydrogens is 604 g/mol. The highest BCUT2D eigenvalue weighted by molar-refractivity contribution is 7.91. The number of aryl methyl sites for hydroxylation is 1. The van der Waals surface area contributed by atoms with E-state index in [9.17, 15) is 22.0 Å². The van der Waals surface area contributed by atoms with Crippen molar-refractivity contribution >= 4 is 44.7 Å². The van der Waals surface area contributed by atoms with Gasteiger partial charge in [-0.2, -0.15) is 4.31 Å². The third-order valence-corrected chi connectivity index (χ3v) is 10.5. The maximum Gasteiger partial charge on any atom is 0.263 e. The second-order valence-electron chi connectivity index (χ2n) is 10.2. The van der Waals surface area contributed by atoms with Crippen LogP contribution in [0.1, 0.15) is 36.1 Å². The standard InChI is InChI=1S/C29H28ClF2N5O3S2/c1-18-3-5-22(6-4-18)23-13-20(14-26(36-23)35-19(2)21-9-11-33-12-10-21)16-34-28(38)24-15-29(31,32)17-37(24)42(39,40)27-8-7-25(30)41-27/h3-14,19,24H,15-17H2,1-2H3,(H,34,38)(H,35,36)/t19?,24-/m0/s1. The largest absolute Gasteiger partial charge is 0.364 e. The lowest BCUT2D eigenvalue weighted by Gasteiger charge is -2.22. The summed E-state index contributed by atoms with van der Waals surface area (Å²) in [5, 5.41) is 6.05. The van der Waals surface area contributed by atoms with E-state index < -0.39 is 40.9 Å². The molecule has 0 saturated carbocycles. The predicted molar refractivity (Wildman–Crippen MR) is 159 cm³/mol. The number of anilines is 1. The van der Waals surface area contributed by atoms with Crippen LogP contribution in [0.25, 0.3) is 11.3 Å². The normalized spacial score (nSPS) is 17.6. The van der Waals surface area contributed by atoms with Crippen LogP contribution in [0.2, 0.25) is 4.34 Å². The van der Waals surface area contributed by atoms with E-state index in [1.165, 1.54) is 12.1 Å². The number of pyridine rings is 2. The Labute approximate surface area is 251 Å². The molecule has 1 aliphatic heterocycles. The van der Waals surface area contributed by atoms with Crippen LogP contribution in [-0.4, -0.2) is 47.1 Å². The lowest BCUT2D eigenvalue weighted by Crippen LogP contribution is -2.45. The maximum atomic E-state index is 14.5. The van der Waals surface area contributed by atoms with Gasteiger partial charge in [0.05, 0.1) is 22.6 Å². The van der Waals surface area contributed by atoms with Gasteiger partial charge in [0, 0.05) is 30.9 Å². The number of benzene rings is 1. The maximum absolute atomic E-state index is 14.5. The van der Waals surface area contributed by atoms with Gasteiger partial charge in [-0.05, 0) is 61.4 Å². The molecule has 0 spiro atoms. The van der Waals surface area contributed by atoms with Gasteiger partial charge in [0.2, 0.25) is 5.91 Å². The SMILES string of the molecule is Cc1ccc(-c2cc(CNC(=O)[C@@H]3CC(F)(F)CN3S(=O)(=O)c3ccc(Cl)s3)cc(NC(C)c3ccncc3)n2)cc1. The second kappa shape index (κ2) is 12.0. The van der Waals surface area contributed by atoms with E-state index in [2.05, 4.69) is 15.6 Å². The van der Waals surface area contributed by atoms with Crippen molar-refractivity contribution in [2.24, 2.45) is 0 Å². The van der Waals surface area contributed by atoms with Crippen LogP contribution < -0.4 is 10.6 Å². The molecule has 1 saturated heterocycles. The van der Waals surface area contributed by atoms with Gasteiger partial charge in [0.15, 0.2) is 0 Å². The van der Waals surface area contributed by atoms with Crippen LogP contribution in [0, 0.1) is 6.92 Å². The van der Waals surface area contributed by atoms with Gasteiger partial charge in [-0.15, -0.1) is 11.3 Å². The molecule has 1 amide bonds. The van der Waals surface area contributed by atoms with Gasteiger partial charge >= 0.3 is 0 Å². The molecule has 42 heavy (non-hydrogen) atoms. The molecule has 0 radical (unpaired) electrons. The lowest BCUT2D eigenvalue weighted by molar-refractivity contribution is -0.124. The molecule has 220 valence electrons. The number of carbonyl (C=O) groups excluding carboxylic acids is 1. The number of amides is 1. The summed E-state index contributed by atoms with van der Waals surface area (Å²) < 4.78 is 55.8. The number of thiophene rings is 1. The first kappa shape index (κ1) is 30.0. The fraction of sp³-hybridized carbons (Fsp3) is 0.276. The summed E-state index contributed by atoms with van der Waals surface area (Å²) in [5.74, 6) is -3.62. The number of aromatic nitrogens is 2. The monoisotopic (exact) mass is 631 g/mol. The Morgan fingerprint density at radius 1 is 1.14 bits per heavy atom. The Morgan fingerprint density at radius 3 is 2.52 bits per heavy atom. The number of sulfonamides is 1. The highest BCUT2D eigenvalue weighted by Crippen LogP contribution is 2.38. The van der Waals surface area contributed by atoms with Crippen molar-refractivity contribution in [3.8, 4) is 11.3 Å². The average molecular weight is 632 g/mol. The molecule has 0 aliphatic carbocycles. The van der Waals surface area contributed by atoms with Crippen LogP contribution >= 0.6 is 22.9 Å². The topological polar surface area (TPSA) is 104 Å². The summed E-state index contributed by atoms with van der Waals surface area (Å²) in [6.45, 7) is 2.85. The van der Waals surface area contributed by atoms with Crippen molar-refractivity contribution in [2.75, 3.05) is 11.9 Å². The van der Waals surface area contributed by atoms with Crippen molar-refractivity contribution < 1.29 is 22.0 Å². The van der Waals surface area contributed by atoms with Crippen molar-refractivity contribution in [1.29, 1.82) is 0 Å². The Balaban J connectivity index is 1.39. The summed E-state index contributed by atoms with van der Waals surface area (Å²) in [7, 11) is -4.36. The Kier molecular flexibility index (Phi) is 8.61. The number of alkyl halides is 2. The summed E-state index contributed by atoms with van der Waals surface area (Å²) in [6.07, 6.45) is 2.49. The van der Waals surface area contributed by atoms with E-state index in [0.29, 0.717) is 21.4 Å². The number of nitrogens with zero attached hydrogens (tertiary/aromatic N) is 3. The zero-order chi connectivity index (χ0) is 30.1. The van der Waals surface area contributed by atoms with E-state index in [4.69, 9.17) is 16.6 Å². The molecule has 1 aliphatic rings. The molecule has 0 bridgehead atoms. The van der Waals surface area contributed by atoms with Gasteiger partial charge in [0.1, 0.15) is 16.1 Å². The molecule has 2 N–H and O–H groups in total. The Morgan fingerprint density at radius 2 is 1.86 bits per heavy atom. The van der Waals surface area contributed by atoms with Crippen molar-refractivity contribution in [1.82, 2.24) is 19.6 Å². The third-order valence-electron chi connectivity index (χ3n) is 6.91. The zero-order valence-corrected chi connectivity index (χ0v) is 25.1. The first-order valence-corrected chi connectivity index (χ1v) is 15.7. The second-order valence-corrected chi connectivity index (χ2v) is 14.0. The van der Waals surface area contributed by atoms with Gasteiger partial charge in [-0.25, -0.2) is 22.2 Å². The summed E-state index contributed by atoms with van der Waals surface area (Å²) in [4.78, 5) is 22.1. The molecule has 1 fully saturated rings. The number of halogens is 3. The number of hydrogen-bond donors (Lipinski definition) is 2. The lowest BCUT2D eigenvalue weighted by atomic mass is 10.1. The number of nitrogens with one attached hydrogen (secondary N) is 2. The minimum absolute atomic E-state index is 0.0285. The van der Waals surface area contributed by atoms with Gasteiger partial charge in [-0.1, -0.05) is 41.4 Å². The Hall–Kier alpha value is -3.45. The molecule has 3 aromatic heterocycles. The average Bonchev–Trinajstić information content (AvgIpc) is 3.55. The zero-order valence-electron chi connectivity index (χ0n) is 22.7. The first-order chi connectivity index (χ1) is 19.9. The van der Waals surface area contributed by atoms with E-state index in [1.54, 1.807) is 24.5 Å². The fourth-order valence-electron chi connectivity index (χ4n) is 4.71. The molecule has 8 nitrogen and oxygen atoms in total. The Bertz CT molecular complexity index is 1690. The van der Waals surface area contributed by atoms with E-state index in [0.717, 1.165) is 28.0 Å². The van der Waals surface area contributed by atoms with E-state index in [-0.39, 0.29) is 21.1 Å². The summed E-state index contributed by atoms with van der Waals surface area (Å²) >= 11 is 6.64. The van der Waals surface area contributed by atoms with Gasteiger partial charge in [0.25, 0.3) is 15.9 Å². The van der Waals surface area contributed by atoms with Crippen LogP contribution in [0.5, 0.6) is 0 Å². The number of hydrogen-bond acceptors (Lipinski definition) is 7. The van der Waals surface area contributed by atoms with Gasteiger partial charge < -0.3 is 10.6 Å². The molecule has 1 unspecified atom stereocenters. The van der Waals surface area contributed by atoms with Crippen LogP contribution in [-0.2, 0) is 21.4 Å². The quantitative estimate of drug-likeness (QED) is 0.233. The minimum atomic E-state index is -4.36. The van der Waals surface area contributed by atoms with E-state index in [1.807, 2.05) is 50.2 Å². The van der Waals surface area contributed by atoms with Gasteiger partial charge in [-0.3, -0.25) is 9.78 Å². The van der Waals surface area contributed by atoms with Crippen molar-refractivity contribution in [3.63, 3.8) is 0 Å². The van der Waals surface area contributed by atoms with Crippen molar-refractivity contribution in [2.45, 2.75) is 49.0 Å². The number of carbonyl (C=O) groups is 1. The molecule has 4 heterocycles. The molecular formula is C29H28ClF2N5O3S2. The smallest absolute Gasteiger partial charge is 0.263 e. The van der Waals surface area contributed by atoms with E-state index >= 15 is 0 Å². The molecule has 5 rings (SSSR count). The van der Waals surface area contributed by atoms with Crippen LogP contribution in [0.3, 0.4) is 0 Å². The van der Waals surface area contributed by atoms with Crippen LogP contribution in [0.15, 0.2) is 77.3 Å². The number of rotatable bonds is 9. The first-order valence-electron chi connectivity index (χ1n) is 13.1. The minimum Gasteiger partial charge on any atom is -0.364 e. The van der Waals surface area contributed by atoms with Crippen molar-refractivity contribution in [3.05, 3.63) is 94.1 Å². The fourth-order valence-corrected chi connectivity index (χ4v) is 7.94. The molecule has 2 atom stereocenters. The molecule has 1 aromatic carbocycles. The summed E-state index contributed by atoms with van der Waals surface area (Å²) in [5.41, 5.74) is 4.25. The highest BCUT2D eigenvalue weighted by atomic mass is 35.5. The summed E-state index contributed by atoms with van der Waals surface area (Å²) in [6, 6.07) is 16.1. The molecule has 13 heteroatoms. The van der Waals surface area contributed by atoms with Crippen LogP contribution in [0.4, 0.5) is 14.6 Å². The predicted octanol–water partition coefficient (Wildman–Crippen LogP) is 6.05. The third kappa shape index (κ3) is 6.78.